The lowest BCUT2D eigenvalue weighted by Crippen LogP contribution is -2.32. The molecular weight excluding hydrogens is 172 g/mol. The number of imide groups is 1. The van der Waals surface area contributed by atoms with Gasteiger partial charge in [-0.15, -0.1) is 0 Å². The van der Waals surface area contributed by atoms with Gasteiger partial charge >= 0.3 is 6.03 Å². The smallest absolute Gasteiger partial charge is 0.315 e. The lowest BCUT2D eigenvalue weighted by molar-refractivity contribution is -0.130. The summed E-state index contributed by atoms with van der Waals surface area (Å²) in [6, 6.07) is -0.953. The molecule has 1 atom stereocenters. The standard InChI is InChI=1S/C8H12N2O3/c1-5(11)4-6-7(12)10(3)8(13)9(6)2/h6H,4H2,1-3H3. The van der Waals surface area contributed by atoms with E-state index in [1.807, 2.05) is 0 Å². The largest absolute Gasteiger partial charge is 0.326 e. The molecule has 3 amide bonds. The number of hydrogen-bond donors (Lipinski definition) is 0. The van der Waals surface area contributed by atoms with Crippen molar-refractivity contribution in [2.45, 2.75) is 19.4 Å². The summed E-state index contributed by atoms with van der Waals surface area (Å²) < 4.78 is 0. The molecule has 0 aromatic rings. The minimum absolute atomic E-state index is 0.0895. The second kappa shape index (κ2) is 3.16. The Kier molecular flexibility index (Phi) is 2.36. The Morgan fingerprint density at radius 1 is 1.38 bits per heavy atom. The van der Waals surface area contributed by atoms with Crippen molar-refractivity contribution in [2.75, 3.05) is 14.1 Å². The van der Waals surface area contributed by atoms with Crippen molar-refractivity contribution in [3.05, 3.63) is 0 Å². The first-order chi connectivity index (χ1) is 5.95. The average Bonchev–Trinajstić information content (AvgIpc) is 2.22. The van der Waals surface area contributed by atoms with Crippen molar-refractivity contribution in [3.8, 4) is 0 Å². The number of amides is 3. The summed E-state index contributed by atoms with van der Waals surface area (Å²) in [5, 5.41) is 0. The van der Waals surface area contributed by atoms with Gasteiger partial charge in [-0.25, -0.2) is 4.79 Å². The van der Waals surface area contributed by atoms with Crippen LogP contribution in [0.4, 0.5) is 4.79 Å². The molecule has 5 heteroatoms. The average molecular weight is 184 g/mol. The number of nitrogens with zero attached hydrogens (tertiary/aromatic N) is 2. The second-order valence-electron chi connectivity index (χ2n) is 3.21. The van der Waals surface area contributed by atoms with Crippen LogP contribution in [-0.2, 0) is 9.59 Å². The van der Waals surface area contributed by atoms with E-state index in [-0.39, 0.29) is 24.1 Å². The zero-order valence-electron chi connectivity index (χ0n) is 7.90. The summed E-state index contributed by atoms with van der Waals surface area (Å²) in [6.07, 6.45) is 0.103. The molecule has 5 nitrogen and oxygen atoms in total. The van der Waals surface area contributed by atoms with Gasteiger partial charge in [0, 0.05) is 20.5 Å². The van der Waals surface area contributed by atoms with Gasteiger partial charge in [0.05, 0.1) is 0 Å². The molecular formula is C8H12N2O3. The van der Waals surface area contributed by atoms with Crippen LogP contribution < -0.4 is 0 Å². The maximum absolute atomic E-state index is 11.4. The lowest BCUT2D eigenvalue weighted by atomic mass is 10.1. The van der Waals surface area contributed by atoms with Gasteiger partial charge in [-0.1, -0.05) is 0 Å². The number of ketones is 1. The Labute approximate surface area is 76.3 Å². The highest BCUT2D eigenvalue weighted by atomic mass is 16.2. The van der Waals surface area contributed by atoms with Gasteiger partial charge in [-0.2, -0.15) is 0 Å². The molecule has 1 aliphatic heterocycles. The first-order valence-corrected chi connectivity index (χ1v) is 3.99. The Morgan fingerprint density at radius 2 is 1.92 bits per heavy atom. The normalized spacial score (nSPS) is 22.8. The number of Topliss-reactive ketones (excluding diaryl/α,β-unsaturated/α-hetero) is 1. The predicted octanol–water partition coefficient (Wildman–Crippen LogP) is -0.142. The SMILES string of the molecule is CC(=O)CC1C(=O)N(C)C(=O)N1C. The number of likely N-dealkylation sites (N-methyl/N-ethyl adjacent to an activating group) is 2. The maximum Gasteiger partial charge on any atom is 0.326 e. The van der Waals surface area contributed by atoms with Crippen LogP contribution in [0.1, 0.15) is 13.3 Å². The maximum atomic E-state index is 11.4. The van der Waals surface area contributed by atoms with Crippen molar-refractivity contribution < 1.29 is 14.4 Å². The third kappa shape index (κ3) is 1.54. The molecule has 0 aromatic carbocycles. The van der Waals surface area contributed by atoms with Crippen LogP contribution in [0.3, 0.4) is 0 Å². The van der Waals surface area contributed by atoms with Gasteiger partial charge in [0.2, 0.25) is 0 Å². The summed E-state index contributed by atoms with van der Waals surface area (Å²) in [5.41, 5.74) is 0. The van der Waals surface area contributed by atoms with E-state index in [1.165, 1.54) is 25.9 Å². The summed E-state index contributed by atoms with van der Waals surface area (Å²) in [5.74, 6) is -0.393. The van der Waals surface area contributed by atoms with Crippen LogP contribution in [-0.4, -0.2) is 47.7 Å². The molecule has 0 aliphatic carbocycles. The molecule has 1 fully saturated rings. The van der Waals surface area contributed by atoms with Gasteiger partial charge in [-0.05, 0) is 6.92 Å². The van der Waals surface area contributed by atoms with Gasteiger partial charge in [-0.3, -0.25) is 14.5 Å². The van der Waals surface area contributed by atoms with Crippen LogP contribution in [0, 0.1) is 0 Å². The molecule has 1 rings (SSSR count). The fraction of sp³-hybridized carbons (Fsp3) is 0.625. The fourth-order valence-electron chi connectivity index (χ4n) is 1.35. The number of hydrogen-bond acceptors (Lipinski definition) is 3. The summed E-state index contributed by atoms with van der Waals surface area (Å²) >= 11 is 0. The third-order valence-corrected chi connectivity index (χ3v) is 2.15. The zero-order valence-corrected chi connectivity index (χ0v) is 7.90. The molecule has 0 saturated carbocycles. The molecule has 1 aliphatic rings. The molecule has 1 unspecified atom stereocenters. The molecule has 0 radical (unpaired) electrons. The van der Waals surface area contributed by atoms with E-state index >= 15 is 0 Å². The molecule has 0 aromatic heterocycles. The van der Waals surface area contributed by atoms with Crippen LogP contribution in [0.5, 0.6) is 0 Å². The Hall–Kier alpha value is -1.39. The summed E-state index contributed by atoms with van der Waals surface area (Å²) in [7, 11) is 2.94. The molecule has 0 spiro atoms. The van der Waals surface area contributed by atoms with E-state index in [1.54, 1.807) is 0 Å². The van der Waals surface area contributed by atoms with E-state index in [9.17, 15) is 14.4 Å². The van der Waals surface area contributed by atoms with E-state index < -0.39 is 6.04 Å². The van der Waals surface area contributed by atoms with Crippen molar-refractivity contribution in [2.24, 2.45) is 0 Å². The molecule has 1 saturated heterocycles. The minimum Gasteiger partial charge on any atom is -0.315 e. The number of carbonyl (C=O) groups is 3. The van der Waals surface area contributed by atoms with Crippen LogP contribution in [0.15, 0.2) is 0 Å². The minimum atomic E-state index is -0.602. The van der Waals surface area contributed by atoms with Crippen molar-refractivity contribution in [1.29, 1.82) is 0 Å². The van der Waals surface area contributed by atoms with Crippen LogP contribution >= 0.6 is 0 Å². The van der Waals surface area contributed by atoms with Crippen molar-refractivity contribution in [1.82, 2.24) is 9.80 Å². The predicted molar refractivity (Wildman–Crippen MR) is 45.0 cm³/mol. The number of carbonyl (C=O) groups excluding carboxylic acids is 3. The van der Waals surface area contributed by atoms with Gasteiger partial charge < -0.3 is 4.90 Å². The highest BCUT2D eigenvalue weighted by Gasteiger charge is 2.40. The quantitative estimate of drug-likeness (QED) is 0.561. The summed E-state index contributed by atoms with van der Waals surface area (Å²) in [6.45, 7) is 1.41. The van der Waals surface area contributed by atoms with Gasteiger partial charge in [0.25, 0.3) is 5.91 Å². The lowest BCUT2D eigenvalue weighted by Gasteiger charge is -2.13. The molecule has 0 bridgehead atoms. The van der Waals surface area contributed by atoms with E-state index in [0.717, 1.165) is 4.90 Å². The molecule has 72 valence electrons. The monoisotopic (exact) mass is 184 g/mol. The molecule has 0 N–H and O–H groups in total. The van der Waals surface area contributed by atoms with Gasteiger partial charge in [0.1, 0.15) is 11.8 Å². The first-order valence-electron chi connectivity index (χ1n) is 3.99. The molecule has 13 heavy (non-hydrogen) atoms. The second-order valence-corrected chi connectivity index (χ2v) is 3.21. The topological polar surface area (TPSA) is 57.7 Å². The Balaban J connectivity index is 2.81. The Bertz CT molecular complexity index is 275. The van der Waals surface area contributed by atoms with E-state index in [2.05, 4.69) is 0 Å². The fourth-order valence-corrected chi connectivity index (χ4v) is 1.35. The first kappa shape index (κ1) is 9.70. The van der Waals surface area contributed by atoms with Crippen molar-refractivity contribution in [3.63, 3.8) is 0 Å². The number of rotatable bonds is 2. The highest BCUT2D eigenvalue weighted by molar-refractivity contribution is 6.05. The van der Waals surface area contributed by atoms with E-state index in [0.29, 0.717) is 0 Å². The Morgan fingerprint density at radius 3 is 2.23 bits per heavy atom. The highest BCUT2D eigenvalue weighted by Crippen LogP contribution is 2.16. The van der Waals surface area contributed by atoms with Crippen LogP contribution in [0.25, 0.3) is 0 Å². The molecule has 1 heterocycles. The number of urea groups is 1. The van der Waals surface area contributed by atoms with Crippen LogP contribution in [0.2, 0.25) is 0 Å². The zero-order chi connectivity index (χ0) is 10.2. The third-order valence-electron chi connectivity index (χ3n) is 2.15. The van der Waals surface area contributed by atoms with Gasteiger partial charge in [0.15, 0.2) is 0 Å². The van der Waals surface area contributed by atoms with E-state index in [4.69, 9.17) is 0 Å². The van der Waals surface area contributed by atoms with Crippen molar-refractivity contribution >= 4 is 17.7 Å². The summed E-state index contributed by atoms with van der Waals surface area (Å²) in [4.78, 5) is 35.7.